The molecule has 0 heterocycles. The molecule has 0 fully saturated rings. The van der Waals surface area contributed by atoms with Crippen LogP contribution >= 0.6 is 23.6 Å². The van der Waals surface area contributed by atoms with Crippen molar-refractivity contribution in [2.75, 3.05) is 0 Å². The number of primary amides is 1. The Kier molecular flexibility index (Phi) is 3.67. The van der Waals surface area contributed by atoms with Crippen LogP contribution in [0.2, 0.25) is 0 Å². The first-order valence-electron chi connectivity index (χ1n) is 1.91. The van der Waals surface area contributed by atoms with Crippen molar-refractivity contribution >= 4 is 35.6 Å². The summed E-state index contributed by atoms with van der Waals surface area (Å²) in [6.45, 7) is 0. The van der Waals surface area contributed by atoms with Crippen LogP contribution in [0, 0.1) is 0 Å². The molecule has 6 nitrogen and oxygen atoms in total. The quantitative estimate of drug-likeness (QED) is 0.454. The van der Waals surface area contributed by atoms with E-state index in [1.165, 1.54) is 0 Å². The molecule has 56 valence electrons. The van der Waals surface area contributed by atoms with Crippen molar-refractivity contribution < 1.29 is 9.59 Å². The third-order valence-electron chi connectivity index (χ3n) is 0.379. The molecule has 0 saturated heterocycles. The monoisotopic (exact) mass is 184 g/mol. The molecule has 0 aliphatic rings. The summed E-state index contributed by atoms with van der Waals surface area (Å²) in [6.07, 6.45) is 0. The van der Waals surface area contributed by atoms with E-state index in [-0.39, 0.29) is 3.94 Å². The fraction of sp³-hybridized carbons (Fsp3) is 0. The van der Waals surface area contributed by atoms with Crippen LogP contribution in [0.25, 0.3) is 0 Å². The third-order valence-corrected chi connectivity index (χ3v) is 0.668. The molecule has 4 amide bonds. The zero-order chi connectivity index (χ0) is 8.15. The van der Waals surface area contributed by atoms with Crippen LogP contribution in [-0.4, -0.2) is 16.0 Å². The van der Waals surface area contributed by atoms with Gasteiger partial charge in [-0.1, -0.05) is 10.2 Å². The SMILES string of the molecule is NC(=O)N=NC(=O)N(Cl)Cl. The van der Waals surface area contributed by atoms with Crippen molar-refractivity contribution in [1.82, 2.24) is 3.94 Å². The first-order chi connectivity index (χ1) is 4.54. The second-order valence-electron chi connectivity index (χ2n) is 1.05. The first kappa shape index (κ1) is 9.12. The molecule has 0 unspecified atom stereocenters. The summed E-state index contributed by atoms with van der Waals surface area (Å²) in [7, 11) is 0. The van der Waals surface area contributed by atoms with E-state index in [4.69, 9.17) is 23.6 Å². The first-order valence-corrected chi connectivity index (χ1v) is 2.58. The van der Waals surface area contributed by atoms with Gasteiger partial charge >= 0.3 is 12.1 Å². The average Bonchev–Trinajstić information content (AvgIpc) is 1.82. The van der Waals surface area contributed by atoms with Crippen molar-refractivity contribution in [3.63, 3.8) is 0 Å². The number of nitrogens with zero attached hydrogens (tertiary/aromatic N) is 3. The number of halogens is 2. The second kappa shape index (κ2) is 4.02. The lowest BCUT2D eigenvalue weighted by atomic mass is 11.1. The Balaban J connectivity index is 3.90. The van der Waals surface area contributed by atoms with Crippen LogP contribution in [-0.2, 0) is 0 Å². The molecule has 0 spiro atoms. The number of nitrogens with two attached hydrogens (primary N) is 1. The van der Waals surface area contributed by atoms with Gasteiger partial charge in [-0.25, -0.2) is 9.59 Å². The Morgan fingerprint density at radius 3 is 2.10 bits per heavy atom. The fourth-order valence-corrected chi connectivity index (χ4v) is 0.193. The van der Waals surface area contributed by atoms with Gasteiger partial charge in [0.15, 0.2) is 0 Å². The van der Waals surface area contributed by atoms with Gasteiger partial charge in [0.05, 0.1) is 0 Å². The summed E-state index contributed by atoms with van der Waals surface area (Å²) >= 11 is 9.71. The van der Waals surface area contributed by atoms with Crippen LogP contribution in [0.5, 0.6) is 0 Å². The van der Waals surface area contributed by atoms with Gasteiger partial charge in [0.25, 0.3) is 0 Å². The van der Waals surface area contributed by atoms with Gasteiger partial charge in [-0.15, -0.1) is 3.94 Å². The Bertz CT molecular complexity index is 178. The highest BCUT2D eigenvalue weighted by Gasteiger charge is 2.05. The van der Waals surface area contributed by atoms with E-state index < -0.39 is 12.1 Å². The Labute approximate surface area is 65.8 Å². The van der Waals surface area contributed by atoms with Gasteiger partial charge in [0, 0.05) is 23.6 Å². The standard InChI is InChI=1S/C2H2Cl2N4O2/c3-8(4)2(10)7-6-1(5)9/h(H2,5,9). The summed E-state index contributed by atoms with van der Waals surface area (Å²) in [5.74, 6) is 0. The maximum Gasteiger partial charge on any atom is 0.392 e. The highest BCUT2D eigenvalue weighted by molar-refractivity contribution is 6.41. The van der Waals surface area contributed by atoms with Crippen LogP contribution in [0.3, 0.4) is 0 Å². The molecule has 0 atom stereocenters. The largest absolute Gasteiger partial charge is 0.392 e. The van der Waals surface area contributed by atoms with Gasteiger partial charge in [0.1, 0.15) is 0 Å². The molecule has 2 N–H and O–H groups in total. The molecule has 0 aromatic rings. The molecule has 8 heteroatoms. The average molecular weight is 185 g/mol. The lowest BCUT2D eigenvalue weighted by Gasteiger charge is -1.92. The lowest BCUT2D eigenvalue weighted by Crippen LogP contribution is -2.07. The molecular formula is C2H2Cl2N4O2. The highest BCUT2D eigenvalue weighted by atomic mass is 35.5. The lowest BCUT2D eigenvalue weighted by molar-refractivity contribution is 0.241. The van der Waals surface area contributed by atoms with Crippen molar-refractivity contribution in [2.24, 2.45) is 16.0 Å². The van der Waals surface area contributed by atoms with Gasteiger partial charge in [0.2, 0.25) is 0 Å². The fourth-order valence-electron chi connectivity index (χ4n) is 0.126. The number of rotatable bonds is 0. The minimum absolute atomic E-state index is 0.118. The molecule has 10 heavy (non-hydrogen) atoms. The van der Waals surface area contributed by atoms with Crippen molar-refractivity contribution in [3.8, 4) is 0 Å². The number of carbonyl (C=O) groups is 2. The minimum atomic E-state index is -1.09. The molecular weight excluding hydrogens is 183 g/mol. The van der Waals surface area contributed by atoms with Gasteiger partial charge < -0.3 is 5.73 Å². The summed E-state index contributed by atoms with van der Waals surface area (Å²) < 4.78 is 0.118. The van der Waals surface area contributed by atoms with Crippen LogP contribution in [0.4, 0.5) is 9.59 Å². The molecule has 0 aromatic carbocycles. The number of hydrogen-bond donors (Lipinski definition) is 1. The normalized spacial score (nSPS) is 9.80. The molecule has 0 aliphatic heterocycles. The predicted molar refractivity (Wildman–Crippen MR) is 33.4 cm³/mol. The van der Waals surface area contributed by atoms with Crippen molar-refractivity contribution in [3.05, 3.63) is 0 Å². The molecule has 0 radical (unpaired) electrons. The zero-order valence-electron chi connectivity index (χ0n) is 4.49. The second-order valence-corrected chi connectivity index (χ2v) is 1.90. The third kappa shape index (κ3) is 4.04. The van der Waals surface area contributed by atoms with Gasteiger partial charge in [-0.05, 0) is 0 Å². The summed E-state index contributed by atoms with van der Waals surface area (Å²) in [5, 5.41) is 5.35. The van der Waals surface area contributed by atoms with E-state index in [1.807, 2.05) is 0 Å². The van der Waals surface area contributed by atoms with E-state index in [9.17, 15) is 9.59 Å². The van der Waals surface area contributed by atoms with E-state index in [2.05, 4.69) is 16.0 Å². The van der Waals surface area contributed by atoms with Crippen LogP contribution in [0.15, 0.2) is 10.2 Å². The number of hydrogen-bond acceptors (Lipinski definition) is 2. The molecule has 0 aromatic heterocycles. The predicted octanol–water partition coefficient (Wildman–Crippen LogP) is 1.25. The number of azo groups is 1. The molecule has 0 aliphatic carbocycles. The number of amides is 4. The smallest absolute Gasteiger partial charge is 0.348 e. The van der Waals surface area contributed by atoms with E-state index in [0.29, 0.717) is 0 Å². The van der Waals surface area contributed by atoms with Crippen LogP contribution in [0.1, 0.15) is 0 Å². The Hall–Kier alpha value is -0.880. The van der Waals surface area contributed by atoms with Gasteiger partial charge in [-0.2, -0.15) is 0 Å². The van der Waals surface area contributed by atoms with E-state index in [1.54, 1.807) is 0 Å². The van der Waals surface area contributed by atoms with Gasteiger partial charge in [-0.3, -0.25) is 0 Å². The topological polar surface area (TPSA) is 88.1 Å². The Morgan fingerprint density at radius 2 is 1.80 bits per heavy atom. The number of urea groups is 2. The zero-order valence-corrected chi connectivity index (χ0v) is 6.00. The molecule has 0 saturated carbocycles. The molecule has 0 bridgehead atoms. The van der Waals surface area contributed by atoms with Crippen molar-refractivity contribution in [2.45, 2.75) is 0 Å². The van der Waals surface area contributed by atoms with Crippen molar-refractivity contribution in [1.29, 1.82) is 0 Å². The van der Waals surface area contributed by atoms with E-state index >= 15 is 0 Å². The Morgan fingerprint density at radius 1 is 1.30 bits per heavy atom. The van der Waals surface area contributed by atoms with E-state index in [0.717, 1.165) is 0 Å². The molecule has 0 rings (SSSR count). The maximum atomic E-state index is 10.2. The minimum Gasteiger partial charge on any atom is -0.348 e. The highest BCUT2D eigenvalue weighted by Crippen LogP contribution is 2.01. The maximum absolute atomic E-state index is 10.2. The van der Waals surface area contributed by atoms with Crippen LogP contribution < -0.4 is 5.73 Å². The summed E-state index contributed by atoms with van der Waals surface area (Å²) in [6, 6.07) is -2.18. The summed E-state index contributed by atoms with van der Waals surface area (Å²) in [5.41, 5.74) is 4.48. The summed E-state index contributed by atoms with van der Waals surface area (Å²) in [4.78, 5) is 20.1. The number of carbonyl (C=O) groups excluding carboxylic acids is 2.